The molecule has 0 bridgehead atoms. The van der Waals surface area contributed by atoms with Crippen LogP contribution in [0.5, 0.6) is 0 Å². The van der Waals surface area contributed by atoms with Gasteiger partial charge in [-0.1, -0.05) is 56.4 Å². The molecule has 172 valence electrons. The third-order valence-electron chi connectivity index (χ3n) is 5.38. The highest BCUT2D eigenvalue weighted by Crippen LogP contribution is 2.38. The van der Waals surface area contributed by atoms with Crippen molar-refractivity contribution in [1.82, 2.24) is 9.97 Å². The van der Waals surface area contributed by atoms with Crippen molar-refractivity contribution in [3.63, 3.8) is 0 Å². The molecule has 0 N–H and O–H groups in total. The smallest absolute Gasteiger partial charge is 0.321 e. The van der Waals surface area contributed by atoms with Gasteiger partial charge in [-0.25, -0.2) is 4.98 Å². The molecule has 0 aliphatic rings. The average Bonchev–Trinajstić information content (AvgIpc) is 3.17. The van der Waals surface area contributed by atoms with Crippen LogP contribution in [-0.2, 0) is 12.6 Å². The molecule has 3 nitrogen and oxygen atoms in total. The van der Waals surface area contributed by atoms with Crippen LogP contribution in [0, 0.1) is 5.13 Å². The number of hydrogen-bond acceptors (Lipinski definition) is 4. The summed E-state index contributed by atoms with van der Waals surface area (Å²) in [6, 6.07) is 7.68. The third kappa shape index (κ3) is 6.06. The van der Waals surface area contributed by atoms with Crippen molar-refractivity contribution in [2.24, 2.45) is 0 Å². The molecule has 3 aromatic rings. The number of nitrogens with zero attached hydrogens (tertiary/aromatic N) is 3. The zero-order chi connectivity index (χ0) is 23.1. The maximum atomic E-state index is 14.5. The lowest BCUT2D eigenvalue weighted by atomic mass is 9.99. The SMILES string of the molecule is CCCCCCCCc1ccc(N(C)c2nc(-c3cccnc3)c(F)s2)cc1C(F)(F)F. The van der Waals surface area contributed by atoms with Gasteiger partial charge in [0, 0.05) is 30.7 Å². The van der Waals surface area contributed by atoms with Gasteiger partial charge in [0.15, 0.2) is 5.13 Å². The predicted molar refractivity (Wildman–Crippen MR) is 122 cm³/mol. The van der Waals surface area contributed by atoms with Crippen molar-refractivity contribution >= 4 is 22.2 Å². The van der Waals surface area contributed by atoms with Crippen LogP contribution in [0.15, 0.2) is 42.7 Å². The van der Waals surface area contributed by atoms with Crippen LogP contribution >= 0.6 is 11.3 Å². The number of halogens is 4. The van der Waals surface area contributed by atoms with Gasteiger partial charge in [0.2, 0.25) is 5.13 Å². The normalized spacial score (nSPS) is 11.7. The van der Waals surface area contributed by atoms with Crippen LogP contribution in [0.3, 0.4) is 0 Å². The molecule has 0 radical (unpaired) electrons. The lowest BCUT2D eigenvalue weighted by Gasteiger charge is -2.20. The van der Waals surface area contributed by atoms with Gasteiger partial charge in [-0.3, -0.25) is 4.98 Å². The molecule has 0 atom stereocenters. The fourth-order valence-corrected chi connectivity index (χ4v) is 4.38. The maximum Gasteiger partial charge on any atom is 0.416 e. The van der Waals surface area contributed by atoms with E-state index in [2.05, 4.69) is 16.9 Å². The summed E-state index contributed by atoms with van der Waals surface area (Å²) in [7, 11) is 1.59. The largest absolute Gasteiger partial charge is 0.416 e. The Labute approximate surface area is 190 Å². The van der Waals surface area contributed by atoms with Crippen molar-refractivity contribution < 1.29 is 17.6 Å². The van der Waals surface area contributed by atoms with Gasteiger partial charge in [0.05, 0.1) is 5.56 Å². The first kappa shape index (κ1) is 24.2. The molecule has 0 saturated heterocycles. The first-order valence-corrected chi connectivity index (χ1v) is 11.6. The Morgan fingerprint density at radius 1 is 1.03 bits per heavy atom. The fraction of sp³-hybridized carbons (Fsp3) is 0.417. The zero-order valence-electron chi connectivity index (χ0n) is 18.3. The predicted octanol–water partition coefficient (Wildman–Crippen LogP) is 8.03. The lowest BCUT2D eigenvalue weighted by Crippen LogP contribution is -2.14. The molecule has 0 aliphatic heterocycles. The van der Waals surface area contributed by atoms with Crippen molar-refractivity contribution in [2.45, 2.75) is 58.0 Å². The molecule has 0 aliphatic carbocycles. The number of anilines is 2. The molecular weight excluding hydrogens is 438 g/mol. The highest BCUT2D eigenvalue weighted by Gasteiger charge is 2.34. The number of benzene rings is 1. The Balaban J connectivity index is 1.79. The number of rotatable bonds is 10. The first-order chi connectivity index (χ1) is 15.3. The van der Waals surface area contributed by atoms with E-state index in [9.17, 15) is 17.6 Å². The molecule has 0 amide bonds. The molecule has 0 spiro atoms. The van der Waals surface area contributed by atoms with E-state index in [-0.39, 0.29) is 10.8 Å². The van der Waals surface area contributed by atoms with E-state index >= 15 is 0 Å². The summed E-state index contributed by atoms with van der Waals surface area (Å²) in [5.41, 5.74) is 0.633. The number of aryl methyl sites for hydroxylation is 1. The number of alkyl halides is 3. The maximum absolute atomic E-state index is 14.5. The Morgan fingerprint density at radius 3 is 2.47 bits per heavy atom. The molecule has 0 saturated carbocycles. The van der Waals surface area contributed by atoms with Crippen molar-refractivity contribution in [3.8, 4) is 11.3 Å². The number of aromatic nitrogens is 2. The van der Waals surface area contributed by atoms with Gasteiger partial charge in [-0.2, -0.15) is 17.6 Å². The zero-order valence-corrected chi connectivity index (χ0v) is 19.1. The molecule has 32 heavy (non-hydrogen) atoms. The van der Waals surface area contributed by atoms with Gasteiger partial charge < -0.3 is 4.90 Å². The second kappa shape index (κ2) is 10.9. The van der Waals surface area contributed by atoms with Crippen molar-refractivity contribution in [1.29, 1.82) is 0 Å². The standard InChI is InChI=1S/C24H27F4N3S/c1-3-4-5-6-7-8-10-17-12-13-19(15-20(17)24(26,27)28)31(2)23-30-21(22(25)32-23)18-11-9-14-29-16-18/h9,11-16H,3-8,10H2,1-2H3. The van der Waals surface area contributed by atoms with E-state index < -0.39 is 16.9 Å². The Kier molecular flexibility index (Phi) is 8.23. The van der Waals surface area contributed by atoms with Gasteiger partial charge >= 0.3 is 6.18 Å². The lowest BCUT2D eigenvalue weighted by molar-refractivity contribution is -0.138. The van der Waals surface area contributed by atoms with Crippen molar-refractivity contribution in [3.05, 3.63) is 59.0 Å². The van der Waals surface area contributed by atoms with E-state index in [0.717, 1.165) is 55.9 Å². The molecule has 8 heteroatoms. The molecule has 0 fully saturated rings. The highest BCUT2D eigenvalue weighted by atomic mass is 32.1. The van der Waals surface area contributed by atoms with Crippen LogP contribution in [0.2, 0.25) is 0 Å². The molecule has 2 heterocycles. The van der Waals surface area contributed by atoms with E-state index in [1.54, 1.807) is 31.4 Å². The summed E-state index contributed by atoms with van der Waals surface area (Å²) >= 11 is 0.792. The summed E-state index contributed by atoms with van der Waals surface area (Å²) < 4.78 is 55.8. The van der Waals surface area contributed by atoms with Crippen LogP contribution in [-0.4, -0.2) is 17.0 Å². The quantitative estimate of drug-likeness (QED) is 0.224. The number of unbranched alkanes of at least 4 members (excludes halogenated alkanes) is 5. The second-order valence-electron chi connectivity index (χ2n) is 7.78. The molecule has 3 rings (SSSR count). The van der Waals surface area contributed by atoms with Crippen LogP contribution in [0.1, 0.15) is 56.6 Å². The Hall–Kier alpha value is -2.48. The van der Waals surface area contributed by atoms with Gasteiger partial charge in [-0.15, -0.1) is 0 Å². The second-order valence-corrected chi connectivity index (χ2v) is 8.70. The van der Waals surface area contributed by atoms with Crippen LogP contribution in [0.25, 0.3) is 11.3 Å². The Morgan fingerprint density at radius 2 is 1.78 bits per heavy atom. The summed E-state index contributed by atoms with van der Waals surface area (Å²) in [6.07, 6.45) is 5.14. The Bertz CT molecular complexity index is 1000. The third-order valence-corrected chi connectivity index (χ3v) is 6.30. The summed E-state index contributed by atoms with van der Waals surface area (Å²) in [4.78, 5) is 9.75. The summed E-state index contributed by atoms with van der Waals surface area (Å²) in [6.45, 7) is 2.13. The van der Waals surface area contributed by atoms with Crippen molar-refractivity contribution in [2.75, 3.05) is 11.9 Å². The van der Waals surface area contributed by atoms with Crippen LogP contribution in [0.4, 0.5) is 28.4 Å². The number of hydrogen-bond donors (Lipinski definition) is 0. The number of pyridine rings is 1. The first-order valence-electron chi connectivity index (χ1n) is 10.8. The average molecular weight is 466 g/mol. The number of thiazole rings is 1. The highest BCUT2D eigenvalue weighted by molar-refractivity contribution is 7.14. The molecular formula is C24H27F4N3S. The molecule has 2 aromatic heterocycles. The van der Waals surface area contributed by atoms with E-state index in [1.807, 2.05) is 0 Å². The van der Waals surface area contributed by atoms with Gasteiger partial charge in [0.1, 0.15) is 5.69 Å². The van der Waals surface area contributed by atoms with Gasteiger partial charge in [-0.05, 0) is 42.7 Å². The minimum Gasteiger partial charge on any atom is -0.321 e. The van der Waals surface area contributed by atoms with E-state index in [1.165, 1.54) is 17.2 Å². The monoisotopic (exact) mass is 465 g/mol. The van der Waals surface area contributed by atoms with Gasteiger partial charge in [0.25, 0.3) is 0 Å². The summed E-state index contributed by atoms with van der Waals surface area (Å²) in [5, 5.41) is -0.228. The van der Waals surface area contributed by atoms with E-state index in [4.69, 9.17) is 0 Å². The molecule has 0 unspecified atom stereocenters. The van der Waals surface area contributed by atoms with E-state index in [0.29, 0.717) is 23.2 Å². The van der Waals surface area contributed by atoms with Crippen LogP contribution < -0.4 is 4.90 Å². The minimum atomic E-state index is -4.45. The fourth-order valence-electron chi connectivity index (χ4n) is 3.58. The molecule has 1 aromatic carbocycles. The summed E-state index contributed by atoms with van der Waals surface area (Å²) in [5.74, 6) is 0. The minimum absolute atomic E-state index is 0.140. The topological polar surface area (TPSA) is 29.0 Å².